The Morgan fingerprint density at radius 3 is 2.81 bits per heavy atom. The van der Waals surface area contributed by atoms with Crippen molar-refractivity contribution in [1.82, 2.24) is 19.5 Å². The van der Waals surface area contributed by atoms with Crippen LogP contribution in [0.3, 0.4) is 0 Å². The Bertz CT molecular complexity index is 732. The van der Waals surface area contributed by atoms with Crippen LogP contribution in [0.1, 0.15) is 51.5 Å². The monoisotopic (exact) mass is 359 g/mol. The molecule has 1 atom stereocenters. The smallest absolute Gasteiger partial charge is 0.227 e. The average Bonchev–Trinajstić information content (AvgIpc) is 3.31. The van der Waals surface area contributed by atoms with Crippen LogP contribution in [0, 0.1) is 0 Å². The van der Waals surface area contributed by atoms with Crippen molar-refractivity contribution in [2.24, 2.45) is 5.73 Å². The highest BCUT2D eigenvalue weighted by Gasteiger charge is 2.24. The zero-order valence-corrected chi connectivity index (χ0v) is 15.4. The van der Waals surface area contributed by atoms with E-state index < -0.39 is 0 Å². The summed E-state index contributed by atoms with van der Waals surface area (Å²) in [5, 5.41) is 6.94. The summed E-state index contributed by atoms with van der Waals surface area (Å²) in [6.07, 6.45) is 8.14. The van der Waals surface area contributed by atoms with Crippen molar-refractivity contribution in [1.29, 1.82) is 0 Å². The minimum Gasteiger partial charge on any atom is -0.379 e. The molecule has 0 radical (unpaired) electrons. The second kappa shape index (κ2) is 7.75. The quantitative estimate of drug-likeness (QED) is 0.727. The van der Waals surface area contributed by atoms with Crippen molar-refractivity contribution in [2.75, 3.05) is 30.4 Å². The fraction of sp³-hybridized carbons (Fsp3) is 0.722. The predicted molar refractivity (Wildman–Crippen MR) is 102 cm³/mol. The second-order valence-electron chi connectivity index (χ2n) is 7.42. The molecule has 2 fully saturated rings. The number of nitrogens with zero attached hydrogens (tertiary/aromatic N) is 4. The molecule has 1 aliphatic carbocycles. The number of aromatic nitrogens is 4. The van der Waals surface area contributed by atoms with E-state index in [1.165, 1.54) is 0 Å². The second-order valence-corrected chi connectivity index (χ2v) is 7.42. The molecule has 2 aromatic rings. The summed E-state index contributed by atoms with van der Waals surface area (Å²) in [6, 6.07) is 1.02. The van der Waals surface area contributed by atoms with Crippen molar-refractivity contribution in [2.45, 2.75) is 63.6 Å². The number of fused-ring (bicyclic) bond motifs is 1. The van der Waals surface area contributed by atoms with E-state index in [4.69, 9.17) is 20.4 Å². The van der Waals surface area contributed by atoms with Gasteiger partial charge in [-0.1, -0.05) is 6.92 Å². The summed E-state index contributed by atoms with van der Waals surface area (Å²) < 4.78 is 7.69. The average molecular weight is 359 g/mol. The number of hydrogen-bond acceptors (Lipinski definition) is 7. The molecule has 0 bridgehead atoms. The molecule has 1 unspecified atom stereocenters. The zero-order valence-electron chi connectivity index (χ0n) is 15.4. The van der Waals surface area contributed by atoms with Gasteiger partial charge in [-0.25, -0.2) is 4.98 Å². The van der Waals surface area contributed by atoms with E-state index in [1.54, 1.807) is 0 Å². The van der Waals surface area contributed by atoms with E-state index in [0.717, 1.165) is 75.3 Å². The molecule has 8 nitrogen and oxygen atoms in total. The van der Waals surface area contributed by atoms with Gasteiger partial charge in [-0.2, -0.15) is 9.97 Å². The van der Waals surface area contributed by atoms with Crippen LogP contribution in [-0.2, 0) is 4.74 Å². The fourth-order valence-corrected chi connectivity index (χ4v) is 3.80. The molecule has 2 aromatic heterocycles. The number of hydrogen-bond donors (Lipinski definition) is 3. The van der Waals surface area contributed by atoms with Crippen LogP contribution in [-0.4, -0.2) is 51.4 Å². The van der Waals surface area contributed by atoms with Gasteiger partial charge < -0.3 is 25.7 Å². The molecule has 1 saturated heterocycles. The number of ether oxygens (including phenoxy) is 1. The van der Waals surface area contributed by atoms with Crippen molar-refractivity contribution < 1.29 is 4.74 Å². The van der Waals surface area contributed by atoms with Gasteiger partial charge in [0.25, 0.3) is 0 Å². The molecule has 1 aliphatic heterocycles. The largest absolute Gasteiger partial charge is 0.379 e. The van der Waals surface area contributed by atoms with Crippen LogP contribution in [0.5, 0.6) is 0 Å². The van der Waals surface area contributed by atoms with Gasteiger partial charge in [0.2, 0.25) is 5.95 Å². The third-order valence-corrected chi connectivity index (χ3v) is 5.37. The van der Waals surface area contributed by atoms with Crippen LogP contribution in [0.4, 0.5) is 11.8 Å². The molecule has 0 amide bonds. The maximum absolute atomic E-state index is 6.03. The molecule has 8 heteroatoms. The topological polar surface area (TPSA) is 103 Å². The van der Waals surface area contributed by atoms with Crippen LogP contribution in [0.2, 0.25) is 0 Å². The number of nitrogens with two attached hydrogens (primary N) is 1. The first-order valence-electron chi connectivity index (χ1n) is 9.83. The summed E-state index contributed by atoms with van der Waals surface area (Å²) in [4.78, 5) is 14.1. The third kappa shape index (κ3) is 3.61. The molecule has 4 N–H and O–H groups in total. The lowest BCUT2D eigenvalue weighted by atomic mass is 9.92. The fourth-order valence-electron chi connectivity index (χ4n) is 3.80. The SMILES string of the molecule is CCCNc1nc(NC2CCC(N)CC2)nc2c1ncn2C1CCOC1. The third-order valence-electron chi connectivity index (χ3n) is 5.37. The van der Waals surface area contributed by atoms with Crippen LogP contribution >= 0.6 is 0 Å². The summed E-state index contributed by atoms with van der Waals surface area (Å²) in [5.74, 6) is 1.49. The molecule has 4 rings (SSSR count). The first-order chi connectivity index (χ1) is 12.7. The Hall–Kier alpha value is -1.93. The number of nitrogens with one attached hydrogen (secondary N) is 2. The molecular formula is C18H29N7O. The molecule has 1 saturated carbocycles. The lowest BCUT2D eigenvalue weighted by Crippen LogP contribution is -2.33. The van der Waals surface area contributed by atoms with Gasteiger partial charge in [0.05, 0.1) is 19.0 Å². The normalized spacial score (nSPS) is 26.3. The highest BCUT2D eigenvalue weighted by molar-refractivity contribution is 5.84. The van der Waals surface area contributed by atoms with Crippen LogP contribution < -0.4 is 16.4 Å². The minimum absolute atomic E-state index is 0.300. The van der Waals surface area contributed by atoms with Gasteiger partial charge in [-0.05, 0) is 38.5 Å². The molecular weight excluding hydrogens is 330 g/mol. The number of rotatable bonds is 6. The Labute approximate surface area is 153 Å². The van der Waals surface area contributed by atoms with Gasteiger partial charge in [0.1, 0.15) is 0 Å². The van der Waals surface area contributed by atoms with Crippen molar-refractivity contribution in [3.63, 3.8) is 0 Å². The lowest BCUT2D eigenvalue weighted by Gasteiger charge is -2.27. The highest BCUT2D eigenvalue weighted by Crippen LogP contribution is 2.28. The Balaban J connectivity index is 1.64. The standard InChI is InChI=1S/C18H29N7O/c1-2-8-20-16-15-17(25(11-21-15)14-7-9-26-10-14)24-18(23-16)22-13-5-3-12(19)4-6-13/h11-14H,2-10,19H2,1H3,(H2,20,22,23,24). The molecule has 0 aromatic carbocycles. The van der Waals surface area contributed by atoms with Gasteiger partial charge >= 0.3 is 0 Å². The zero-order chi connectivity index (χ0) is 17.9. The van der Waals surface area contributed by atoms with E-state index in [2.05, 4.69) is 27.1 Å². The van der Waals surface area contributed by atoms with E-state index in [0.29, 0.717) is 24.1 Å². The van der Waals surface area contributed by atoms with Gasteiger partial charge in [-0.3, -0.25) is 0 Å². The van der Waals surface area contributed by atoms with Gasteiger partial charge in [0, 0.05) is 25.2 Å². The number of anilines is 2. The Kier molecular flexibility index (Phi) is 5.21. The summed E-state index contributed by atoms with van der Waals surface area (Å²) in [6.45, 7) is 4.52. The first kappa shape index (κ1) is 17.5. The molecule has 2 aliphatic rings. The summed E-state index contributed by atoms with van der Waals surface area (Å²) in [5.41, 5.74) is 7.74. The Morgan fingerprint density at radius 1 is 1.23 bits per heavy atom. The molecule has 0 spiro atoms. The van der Waals surface area contributed by atoms with Gasteiger partial charge in [-0.15, -0.1) is 0 Å². The van der Waals surface area contributed by atoms with E-state index in [9.17, 15) is 0 Å². The molecule has 3 heterocycles. The predicted octanol–water partition coefficient (Wildman–Crippen LogP) is 2.29. The minimum atomic E-state index is 0.300. The van der Waals surface area contributed by atoms with E-state index in [1.807, 2.05) is 6.33 Å². The molecule has 142 valence electrons. The lowest BCUT2D eigenvalue weighted by molar-refractivity contribution is 0.187. The Morgan fingerprint density at radius 2 is 2.08 bits per heavy atom. The number of imidazole rings is 1. The summed E-state index contributed by atoms with van der Waals surface area (Å²) in [7, 11) is 0. The van der Waals surface area contributed by atoms with Crippen LogP contribution in [0.25, 0.3) is 11.2 Å². The first-order valence-corrected chi connectivity index (χ1v) is 9.83. The van der Waals surface area contributed by atoms with Crippen molar-refractivity contribution in [3.05, 3.63) is 6.33 Å². The van der Waals surface area contributed by atoms with Crippen molar-refractivity contribution in [3.8, 4) is 0 Å². The maximum atomic E-state index is 6.03. The van der Waals surface area contributed by atoms with E-state index in [-0.39, 0.29) is 0 Å². The van der Waals surface area contributed by atoms with E-state index >= 15 is 0 Å². The van der Waals surface area contributed by atoms with Crippen molar-refractivity contribution >= 4 is 22.9 Å². The summed E-state index contributed by atoms with van der Waals surface area (Å²) >= 11 is 0. The van der Waals surface area contributed by atoms with Crippen LogP contribution in [0.15, 0.2) is 6.33 Å². The van der Waals surface area contributed by atoms with Gasteiger partial charge in [0.15, 0.2) is 17.0 Å². The molecule has 26 heavy (non-hydrogen) atoms. The highest BCUT2D eigenvalue weighted by atomic mass is 16.5. The maximum Gasteiger partial charge on any atom is 0.227 e.